The summed E-state index contributed by atoms with van der Waals surface area (Å²) in [5.41, 5.74) is 2.76. The van der Waals surface area contributed by atoms with Gasteiger partial charge in [0.2, 0.25) is 5.91 Å². The molecule has 7 heteroatoms. The van der Waals surface area contributed by atoms with Crippen LogP contribution in [0, 0.1) is 6.92 Å². The van der Waals surface area contributed by atoms with Crippen LogP contribution in [-0.4, -0.2) is 63.2 Å². The topological polar surface area (TPSA) is 71.1 Å². The number of nitrogens with one attached hydrogen (secondary N) is 1. The summed E-state index contributed by atoms with van der Waals surface area (Å²) in [7, 11) is 1.59. The molecule has 0 spiro atoms. The lowest BCUT2D eigenvalue weighted by Crippen LogP contribution is -2.37. The molecule has 1 aliphatic rings. The van der Waals surface area contributed by atoms with Gasteiger partial charge in [0.1, 0.15) is 5.75 Å². The maximum absolute atomic E-state index is 12.3. The zero-order chi connectivity index (χ0) is 20.6. The molecule has 0 aromatic heterocycles. The van der Waals surface area contributed by atoms with E-state index in [0.717, 1.165) is 37.6 Å². The number of morpholine rings is 1. The molecule has 0 aliphatic carbocycles. The molecule has 3 rings (SSSR count). The van der Waals surface area contributed by atoms with Crippen molar-refractivity contribution in [3.8, 4) is 5.75 Å². The van der Waals surface area contributed by atoms with Crippen LogP contribution in [0.2, 0.25) is 0 Å². The van der Waals surface area contributed by atoms with Gasteiger partial charge >= 0.3 is 0 Å². The minimum atomic E-state index is -0.258. The fourth-order valence-corrected chi connectivity index (χ4v) is 3.05. The number of ether oxygens (including phenoxy) is 2. The van der Waals surface area contributed by atoms with Crippen LogP contribution >= 0.6 is 0 Å². The Morgan fingerprint density at radius 1 is 1.10 bits per heavy atom. The summed E-state index contributed by atoms with van der Waals surface area (Å²) in [6.45, 7) is 4.95. The normalized spacial score (nSPS) is 13.7. The number of benzene rings is 2. The molecular weight excluding hydrogens is 370 g/mol. The van der Waals surface area contributed by atoms with Gasteiger partial charge in [-0.2, -0.15) is 0 Å². The van der Waals surface area contributed by atoms with Crippen LogP contribution in [0.15, 0.2) is 48.5 Å². The summed E-state index contributed by atoms with van der Waals surface area (Å²) in [5, 5.41) is 2.82. The van der Waals surface area contributed by atoms with E-state index in [1.54, 1.807) is 7.05 Å². The molecule has 0 bridgehead atoms. The first kappa shape index (κ1) is 20.7. The minimum Gasteiger partial charge on any atom is -0.484 e. The third-order valence-electron chi connectivity index (χ3n) is 4.78. The summed E-state index contributed by atoms with van der Waals surface area (Å²) >= 11 is 0. The fourth-order valence-electron chi connectivity index (χ4n) is 3.05. The third kappa shape index (κ3) is 5.96. The second-order valence-electron chi connectivity index (χ2n) is 7.00. The van der Waals surface area contributed by atoms with E-state index in [1.807, 2.05) is 55.5 Å². The van der Waals surface area contributed by atoms with Crippen LogP contribution in [-0.2, 0) is 14.3 Å². The Hall–Kier alpha value is -3.06. The van der Waals surface area contributed by atoms with Gasteiger partial charge in [0, 0.05) is 31.5 Å². The van der Waals surface area contributed by atoms with Gasteiger partial charge < -0.3 is 24.6 Å². The van der Waals surface area contributed by atoms with E-state index in [2.05, 4.69) is 10.2 Å². The van der Waals surface area contributed by atoms with Crippen molar-refractivity contribution in [2.75, 3.05) is 56.7 Å². The van der Waals surface area contributed by atoms with Crippen LogP contribution in [0.1, 0.15) is 5.56 Å². The van der Waals surface area contributed by atoms with Gasteiger partial charge in [-0.25, -0.2) is 0 Å². The zero-order valence-electron chi connectivity index (χ0n) is 16.9. The maximum Gasteiger partial charge on any atom is 0.260 e. The number of aryl methyl sites for hydroxylation is 1. The monoisotopic (exact) mass is 397 g/mol. The number of hydrogen-bond acceptors (Lipinski definition) is 5. The van der Waals surface area contributed by atoms with Crippen molar-refractivity contribution in [2.45, 2.75) is 6.92 Å². The zero-order valence-corrected chi connectivity index (χ0v) is 16.9. The molecule has 0 radical (unpaired) electrons. The SMILES string of the molecule is Cc1ccccc1OCC(=O)N(C)CC(=O)Nc1ccc(N2CCOCC2)cc1. The van der Waals surface area contributed by atoms with Gasteiger partial charge in [-0.15, -0.1) is 0 Å². The predicted molar refractivity (Wildman–Crippen MR) is 112 cm³/mol. The number of likely N-dealkylation sites (N-methyl/N-ethyl adjacent to an activating group) is 1. The highest BCUT2D eigenvalue weighted by molar-refractivity contribution is 5.94. The van der Waals surface area contributed by atoms with Gasteiger partial charge in [-0.05, 0) is 42.8 Å². The molecule has 1 saturated heterocycles. The van der Waals surface area contributed by atoms with Crippen LogP contribution in [0.5, 0.6) is 5.75 Å². The average Bonchev–Trinajstić information content (AvgIpc) is 2.74. The van der Waals surface area contributed by atoms with Crippen LogP contribution < -0.4 is 15.0 Å². The second kappa shape index (κ2) is 9.93. The summed E-state index contributed by atoms with van der Waals surface area (Å²) < 4.78 is 10.9. The van der Waals surface area contributed by atoms with Gasteiger partial charge in [-0.1, -0.05) is 18.2 Å². The average molecular weight is 397 g/mol. The summed E-state index contributed by atoms with van der Waals surface area (Å²) in [4.78, 5) is 28.1. The van der Waals surface area contributed by atoms with Crippen molar-refractivity contribution >= 4 is 23.2 Å². The minimum absolute atomic E-state index is 0.0405. The number of nitrogens with zero attached hydrogens (tertiary/aromatic N) is 2. The van der Waals surface area contributed by atoms with Crippen LogP contribution in [0.3, 0.4) is 0 Å². The molecule has 7 nitrogen and oxygen atoms in total. The molecule has 1 N–H and O–H groups in total. The standard InChI is InChI=1S/C22H27N3O4/c1-17-5-3-4-6-20(17)29-16-22(27)24(2)15-21(26)23-18-7-9-19(10-8-18)25-11-13-28-14-12-25/h3-10H,11-16H2,1-2H3,(H,23,26). The van der Waals surface area contributed by atoms with Gasteiger partial charge in [0.15, 0.2) is 6.61 Å². The Balaban J connectivity index is 1.45. The van der Waals surface area contributed by atoms with E-state index in [1.165, 1.54) is 4.90 Å². The Bertz CT molecular complexity index is 832. The van der Waals surface area contributed by atoms with E-state index >= 15 is 0 Å². The van der Waals surface area contributed by atoms with Crippen molar-refractivity contribution < 1.29 is 19.1 Å². The highest BCUT2D eigenvalue weighted by Gasteiger charge is 2.15. The Kier molecular flexibility index (Phi) is 7.08. The van der Waals surface area contributed by atoms with E-state index in [9.17, 15) is 9.59 Å². The van der Waals surface area contributed by atoms with Gasteiger partial charge in [-0.3, -0.25) is 9.59 Å². The Morgan fingerprint density at radius 2 is 1.79 bits per heavy atom. The van der Waals surface area contributed by atoms with E-state index in [4.69, 9.17) is 9.47 Å². The molecule has 29 heavy (non-hydrogen) atoms. The summed E-state index contributed by atoms with van der Waals surface area (Å²) in [5.74, 6) is 0.154. The number of rotatable bonds is 7. The van der Waals surface area contributed by atoms with Crippen molar-refractivity contribution in [3.05, 3.63) is 54.1 Å². The van der Waals surface area contributed by atoms with E-state index in [0.29, 0.717) is 11.4 Å². The number of anilines is 2. The molecule has 0 saturated carbocycles. The molecule has 1 heterocycles. The Morgan fingerprint density at radius 3 is 2.48 bits per heavy atom. The summed E-state index contributed by atoms with van der Waals surface area (Å²) in [6.07, 6.45) is 0. The highest BCUT2D eigenvalue weighted by Crippen LogP contribution is 2.19. The van der Waals surface area contributed by atoms with Gasteiger partial charge in [0.25, 0.3) is 5.91 Å². The molecule has 1 fully saturated rings. The Labute approximate surface area is 171 Å². The van der Waals surface area contributed by atoms with Crippen molar-refractivity contribution in [1.29, 1.82) is 0 Å². The lowest BCUT2D eigenvalue weighted by atomic mass is 10.2. The lowest BCUT2D eigenvalue weighted by molar-refractivity contribution is -0.135. The second-order valence-corrected chi connectivity index (χ2v) is 7.00. The first-order valence-corrected chi connectivity index (χ1v) is 9.68. The van der Waals surface area contributed by atoms with Crippen LogP contribution in [0.4, 0.5) is 11.4 Å². The molecule has 2 aromatic rings. The van der Waals surface area contributed by atoms with Crippen LogP contribution in [0.25, 0.3) is 0 Å². The van der Waals surface area contributed by atoms with Crippen molar-refractivity contribution in [3.63, 3.8) is 0 Å². The number of carbonyl (C=O) groups is 2. The molecule has 2 aromatic carbocycles. The quantitative estimate of drug-likeness (QED) is 0.776. The highest BCUT2D eigenvalue weighted by atomic mass is 16.5. The first-order valence-electron chi connectivity index (χ1n) is 9.68. The maximum atomic E-state index is 12.3. The molecule has 2 amide bonds. The molecular formula is C22H27N3O4. The van der Waals surface area contributed by atoms with E-state index < -0.39 is 0 Å². The van der Waals surface area contributed by atoms with Gasteiger partial charge in [0.05, 0.1) is 19.8 Å². The molecule has 1 aliphatic heterocycles. The largest absolute Gasteiger partial charge is 0.484 e. The smallest absolute Gasteiger partial charge is 0.260 e. The molecule has 0 atom stereocenters. The number of para-hydroxylation sites is 1. The molecule has 154 valence electrons. The number of carbonyl (C=O) groups excluding carboxylic acids is 2. The summed E-state index contributed by atoms with van der Waals surface area (Å²) in [6, 6.07) is 15.2. The fraction of sp³-hybridized carbons (Fsp3) is 0.364. The number of amides is 2. The van der Waals surface area contributed by atoms with Crippen molar-refractivity contribution in [2.24, 2.45) is 0 Å². The lowest BCUT2D eigenvalue weighted by Gasteiger charge is -2.28. The van der Waals surface area contributed by atoms with E-state index in [-0.39, 0.29) is 25.0 Å². The molecule has 0 unspecified atom stereocenters. The predicted octanol–water partition coefficient (Wildman–Crippen LogP) is 2.31. The van der Waals surface area contributed by atoms with Crippen molar-refractivity contribution in [1.82, 2.24) is 4.90 Å². The third-order valence-corrected chi connectivity index (χ3v) is 4.78. The number of hydrogen-bond donors (Lipinski definition) is 1. The first-order chi connectivity index (χ1) is 14.0.